The van der Waals surface area contributed by atoms with Crippen LogP contribution in [0.5, 0.6) is 5.75 Å². The van der Waals surface area contributed by atoms with Gasteiger partial charge in [-0.05, 0) is 51.0 Å². The quantitative estimate of drug-likeness (QED) is 0.448. The van der Waals surface area contributed by atoms with Crippen molar-refractivity contribution in [2.24, 2.45) is 10.7 Å². The van der Waals surface area contributed by atoms with Crippen molar-refractivity contribution in [2.45, 2.75) is 39.2 Å². The number of benzene rings is 1. The van der Waals surface area contributed by atoms with Crippen molar-refractivity contribution in [3.8, 4) is 5.75 Å². The summed E-state index contributed by atoms with van der Waals surface area (Å²) in [6, 6.07) is 5.70. The third-order valence-corrected chi connectivity index (χ3v) is 3.12. The molecule has 0 spiro atoms. The van der Waals surface area contributed by atoms with E-state index in [0.717, 1.165) is 23.4 Å². The monoisotopic (exact) mass is 304 g/mol. The summed E-state index contributed by atoms with van der Waals surface area (Å²) in [5.74, 6) is 1.27. The highest BCUT2D eigenvalue weighted by Gasteiger charge is 2.15. The van der Waals surface area contributed by atoms with Gasteiger partial charge in [-0.3, -0.25) is 4.79 Å². The molecule has 1 aromatic rings. The fraction of sp³-hybridized carbons (Fsp3) is 0.500. The number of hydrogen-bond acceptors (Lipinski definition) is 3. The molecule has 22 heavy (non-hydrogen) atoms. The number of rotatable bonds is 4. The molecule has 0 fully saturated rings. The third-order valence-electron chi connectivity index (χ3n) is 3.12. The van der Waals surface area contributed by atoms with E-state index in [9.17, 15) is 4.79 Å². The van der Waals surface area contributed by atoms with E-state index in [-0.39, 0.29) is 11.4 Å². The largest absolute Gasteiger partial charge is 0.492 e. The number of amides is 1. The maximum absolute atomic E-state index is 11.3. The molecule has 1 heterocycles. The van der Waals surface area contributed by atoms with Gasteiger partial charge >= 0.3 is 0 Å². The van der Waals surface area contributed by atoms with Gasteiger partial charge in [-0.25, -0.2) is 4.99 Å². The van der Waals surface area contributed by atoms with Crippen LogP contribution in [0.2, 0.25) is 0 Å². The van der Waals surface area contributed by atoms with E-state index in [0.29, 0.717) is 25.5 Å². The third kappa shape index (κ3) is 4.95. The predicted octanol–water partition coefficient (Wildman–Crippen LogP) is 1.65. The summed E-state index contributed by atoms with van der Waals surface area (Å²) in [5.41, 5.74) is 7.67. The molecule has 0 atom stereocenters. The normalized spacial score (nSPS) is 15.0. The number of nitrogens with one attached hydrogen (secondary N) is 2. The molecule has 6 nitrogen and oxygen atoms in total. The number of ether oxygens (including phenoxy) is 1. The first-order valence-corrected chi connectivity index (χ1v) is 7.47. The van der Waals surface area contributed by atoms with Crippen LogP contribution in [0.15, 0.2) is 23.2 Å². The minimum Gasteiger partial charge on any atom is -0.492 e. The van der Waals surface area contributed by atoms with E-state index in [1.807, 2.05) is 39.0 Å². The molecule has 0 saturated heterocycles. The summed E-state index contributed by atoms with van der Waals surface area (Å²) in [5, 5.41) is 5.94. The Bertz CT molecular complexity index is 576. The zero-order valence-corrected chi connectivity index (χ0v) is 13.4. The number of carbonyl (C=O) groups is 1. The minimum atomic E-state index is -0.0998. The molecule has 0 radical (unpaired) electrons. The average Bonchev–Trinajstić information content (AvgIpc) is 2.41. The number of guanidine groups is 1. The molecule has 0 unspecified atom stereocenters. The second kappa shape index (κ2) is 6.68. The highest BCUT2D eigenvalue weighted by molar-refractivity contribution is 5.94. The zero-order chi connectivity index (χ0) is 16.2. The van der Waals surface area contributed by atoms with Gasteiger partial charge in [0.25, 0.3) is 0 Å². The van der Waals surface area contributed by atoms with Gasteiger partial charge in [-0.15, -0.1) is 0 Å². The van der Waals surface area contributed by atoms with Gasteiger partial charge in [0.05, 0.1) is 6.54 Å². The van der Waals surface area contributed by atoms with Gasteiger partial charge in [0.2, 0.25) is 5.91 Å². The fourth-order valence-corrected chi connectivity index (χ4v) is 2.20. The molecule has 0 aliphatic carbocycles. The Kier molecular flexibility index (Phi) is 4.90. The Balaban J connectivity index is 1.83. The number of fused-ring (bicyclic) bond motifs is 1. The first kappa shape index (κ1) is 16.1. The molecule has 1 amide bonds. The number of hydrogen-bond donors (Lipinski definition) is 3. The minimum absolute atomic E-state index is 0.0670. The number of aryl methyl sites for hydroxylation is 1. The molecule has 0 saturated carbocycles. The highest BCUT2D eigenvalue weighted by atomic mass is 16.5. The summed E-state index contributed by atoms with van der Waals surface area (Å²) in [6.45, 7) is 7.02. The summed E-state index contributed by atoms with van der Waals surface area (Å²) in [4.78, 5) is 15.5. The number of aliphatic imine (C=N–C) groups is 1. The van der Waals surface area contributed by atoms with Gasteiger partial charge < -0.3 is 21.1 Å². The Morgan fingerprint density at radius 1 is 1.41 bits per heavy atom. The first-order valence-electron chi connectivity index (χ1n) is 7.47. The SMILES string of the molecule is CC(C)(C)NC(N)=NCCOc1ccc2c(c1)CCC(=O)N2. The van der Waals surface area contributed by atoms with Crippen molar-refractivity contribution in [1.82, 2.24) is 5.32 Å². The van der Waals surface area contributed by atoms with Gasteiger partial charge in [0.15, 0.2) is 5.96 Å². The van der Waals surface area contributed by atoms with Crippen LogP contribution in [0, 0.1) is 0 Å². The van der Waals surface area contributed by atoms with Crippen molar-refractivity contribution in [3.05, 3.63) is 23.8 Å². The lowest BCUT2D eigenvalue weighted by molar-refractivity contribution is -0.116. The van der Waals surface area contributed by atoms with Crippen molar-refractivity contribution in [3.63, 3.8) is 0 Å². The lowest BCUT2D eigenvalue weighted by Gasteiger charge is -2.21. The van der Waals surface area contributed by atoms with Crippen LogP contribution in [0.3, 0.4) is 0 Å². The molecule has 0 bridgehead atoms. The lowest BCUT2D eigenvalue weighted by Crippen LogP contribution is -2.45. The average molecular weight is 304 g/mol. The van der Waals surface area contributed by atoms with Crippen LogP contribution in [-0.2, 0) is 11.2 Å². The molecule has 6 heteroatoms. The van der Waals surface area contributed by atoms with Crippen LogP contribution in [0.4, 0.5) is 5.69 Å². The number of nitrogens with two attached hydrogens (primary N) is 1. The Labute approximate surface area is 131 Å². The maximum atomic E-state index is 11.3. The van der Waals surface area contributed by atoms with Gasteiger partial charge in [0.1, 0.15) is 12.4 Å². The highest BCUT2D eigenvalue weighted by Crippen LogP contribution is 2.26. The van der Waals surface area contributed by atoms with E-state index >= 15 is 0 Å². The number of carbonyl (C=O) groups excluding carboxylic acids is 1. The van der Waals surface area contributed by atoms with Crippen LogP contribution in [-0.4, -0.2) is 30.6 Å². The molecule has 2 rings (SSSR count). The summed E-state index contributed by atoms with van der Waals surface area (Å²) in [6.07, 6.45) is 1.27. The molecule has 4 N–H and O–H groups in total. The molecular weight excluding hydrogens is 280 g/mol. The topological polar surface area (TPSA) is 88.7 Å². The summed E-state index contributed by atoms with van der Waals surface area (Å²) < 4.78 is 5.68. The van der Waals surface area contributed by atoms with Crippen molar-refractivity contribution in [2.75, 3.05) is 18.5 Å². The second-order valence-electron chi connectivity index (χ2n) is 6.36. The number of anilines is 1. The standard InChI is InChI=1S/C16H24N4O2/c1-16(2,3)20-15(17)18-8-9-22-12-5-6-13-11(10-12)4-7-14(21)19-13/h5-6,10H,4,7-9H2,1-3H3,(H,19,21)(H3,17,18,20). The van der Waals surface area contributed by atoms with Crippen LogP contribution in [0.1, 0.15) is 32.8 Å². The maximum Gasteiger partial charge on any atom is 0.224 e. The van der Waals surface area contributed by atoms with Gasteiger partial charge in [-0.2, -0.15) is 0 Å². The summed E-state index contributed by atoms with van der Waals surface area (Å²) in [7, 11) is 0. The fourth-order valence-electron chi connectivity index (χ4n) is 2.20. The van der Waals surface area contributed by atoms with Crippen LogP contribution in [0.25, 0.3) is 0 Å². The molecule has 0 aromatic heterocycles. The van der Waals surface area contributed by atoms with E-state index in [2.05, 4.69) is 15.6 Å². The molecule has 120 valence electrons. The number of nitrogens with zero attached hydrogens (tertiary/aromatic N) is 1. The molecule has 1 aliphatic rings. The Morgan fingerprint density at radius 2 is 2.18 bits per heavy atom. The molecular formula is C16H24N4O2. The zero-order valence-electron chi connectivity index (χ0n) is 13.4. The van der Waals surface area contributed by atoms with E-state index < -0.39 is 0 Å². The lowest BCUT2D eigenvalue weighted by atomic mass is 10.0. The molecule has 1 aliphatic heterocycles. The van der Waals surface area contributed by atoms with E-state index in [4.69, 9.17) is 10.5 Å². The Hall–Kier alpha value is -2.24. The van der Waals surface area contributed by atoms with E-state index in [1.54, 1.807) is 0 Å². The molecule has 1 aromatic carbocycles. The van der Waals surface area contributed by atoms with Crippen LogP contribution < -0.4 is 21.1 Å². The van der Waals surface area contributed by atoms with Crippen LogP contribution >= 0.6 is 0 Å². The van der Waals surface area contributed by atoms with Gasteiger partial charge in [-0.1, -0.05) is 0 Å². The second-order valence-corrected chi connectivity index (χ2v) is 6.36. The van der Waals surface area contributed by atoms with Crippen molar-refractivity contribution in [1.29, 1.82) is 0 Å². The summed E-state index contributed by atoms with van der Waals surface area (Å²) >= 11 is 0. The van der Waals surface area contributed by atoms with Crippen molar-refractivity contribution < 1.29 is 9.53 Å². The first-order chi connectivity index (χ1) is 10.3. The van der Waals surface area contributed by atoms with Crippen molar-refractivity contribution >= 4 is 17.6 Å². The predicted molar refractivity (Wildman–Crippen MR) is 88.3 cm³/mol. The van der Waals surface area contributed by atoms with E-state index in [1.165, 1.54) is 0 Å². The van der Waals surface area contributed by atoms with Gasteiger partial charge in [0, 0.05) is 17.6 Å². The smallest absolute Gasteiger partial charge is 0.224 e. The Morgan fingerprint density at radius 3 is 2.91 bits per heavy atom.